The van der Waals surface area contributed by atoms with E-state index < -0.39 is 0 Å². The minimum atomic E-state index is -0.282. The highest BCUT2D eigenvalue weighted by molar-refractivity contribution is 5.78. The van der Waals surface area contributed by atoms with Crippen molar-refractivity contribution in [3.63, 3.8) is 0 Å². The molecule has 0 spiro atoms. The molecule has 1 aliphatic rings. The molecule has 0 radical (unpaired) electrons. The van der Waals surface area contributed by atoms with E-state index in [-0.39, 0.29) is 12.1 Å². The van der Waals surface area contributed by atoms with Gasteiger partial charge in [0, 0.05) is 6.54 Å². The van der Waals surface area contributed by atoms with Gasteiger partial charge in [0.15, 0.2) is 5.96 Å². The van der Waals surface area contributed by atoms with Crippen LogP contribution in [0.25, 0.3) is 0 Å². The molecule has 0 aromatic carbocycles. The molecule has 0 bridgehead atoms. The second-order valence-electron chi connectivity index (χ2n) is 5.08. The van der Waals surface area contributed by atoms with Crippen LogP contribution in [0, 0.1) is 5.92 Å². The van der Waals surface area contributed by atoms with Crippen LogP contribution in [0.15, 0.2) is 4.99 Å². The summed E-state index contributed by atoms with van der Waals surface area (Å²) in [6.45, 7) is 4.95. The summed E-state index contributed by atoms with van der Waals surface area (Å²) in [5.74, 6) is 0.985. The van der Waals surface area contributed by atoms with E-state index in [1.807, 2.05) is 0 Å². The normalized spacial score (nSPS) is 27.9. The van der Waals surface area contributed by atoms with E-state index in [9.17, 15) is 5.11 Å². The maximum atomic E-state index is 9.90. The van der Waals surface area contributed by atoms with Crippen LogP contribution in [0.1, 0.15) is 46.0 Å². The Labute approximate surface area is 98.3 Å². The maximum absolute atomic E-state index is 9.90. The highest BCUT2D eigenvalue weighted by Crippen LogP contribution is 2.17. The molecular weight excluding hydrogens is 202 g/mol. The Morgan fingerprint density at radius 3 is 2.75 bits per heavy atom. The molecule has 2 atom stereocenters. The van der Waals surface area contributed by atoms with E-state index in [1.54, 1.807) is 0 Å². The molecule has 16 heavy (non-hydrogen) atoms. The zero-order chi connectivity index (χ0) is 12.0. The van der Waals surface area contributed by atoms with Crippen molar-refractivity contribution in [1.29, 1.82) is 0 Å². The van der Waals surface area contributed by atoms with E-state index in [2.05, 4.69) is 24.2 Å². The summed E-state index contributed by atoms with van der Waals surface area (Å²) in [6.07, 6.45) is 5.05. The SMILES string of the molecule is CC(C)CN=C(N)NC1CCCCCC1O. The van der Waals surface area contributed by atoms with Crippen molar-refractivity contribution in [2.75, 3.05) is 6.54 Å². The van der Waals surface area contributed by atoms with Crippen molar-refractivity contribution in [1.82, 2.24) is 5.32 Å². The third-order valence-corrected chi connectivity index (χ3v) is 2.94. The van der Waals surface area contributed by atoms with Gasteiger partial charge in [0.1, 0.15) is 0 Å². The number of guanidine groups is 1. The first kappa shape index (κ1) is 13.3. The lowest BCUT2D eigenvalue weighted by Crippen LogP contribution is -2.46. The molecule has 0 saturated heterocycles. The zero-order valence-corrected chi connectivity index (χ0v) is 10.4. The van der Waals surface area contributed by atoms with Gasteiger partial charge in [-0.05, 0) is 18.8 Å². The third kappa shape index (κ3) is 4.84. The van der Waals surface area contributed by atoms with Crippen LogP contribution in [0.2, 0.25) is 0 Å². The largest absolute Gasteiger partial charge is 0.391 e. The van der Waals surface area contributed by atoms with E-state index in [0.717, 1.165) is 32.2 Å². The lowest BCUT2D eigenvalue weighted by molar-refractivity contribution is 0.129. The predicted molar refractivity (Wildman–Crippen MR) is 67.3 cm³/mol. The Balaban J connectivity index is 2.41. The fraction of sp³-hybridized carbons (Fsp3) is 0.917. The topological polar surface area (TPSA) is 70.6 Å². The number of nitrogens with two attached hydrogens (primary N) is 1. The Morgan fingerprint density at radius 2 is 2.06 bits per heavy atom. The number of nitrogens with one attached hydrogen (secondary N) is 1. The summed E-state index contributed by atoms with van der Waals surface area (Å²) in [7, 11) is 0. The molecule has 2 unspecified atom stereocenters. The van der Waals surface area contributed by atoms with Crippen LogP contribution in [0.5, 0.6) is 0 Å². The standard InChI is InChI=1S/C12H25N3O/c1-9(2)8-14-12(13)15-10-6-4-3-5-7-11(10)16/h9-11,16H,3-8H2,1-2H3,(H3,13,14,15). The van der Waals surface area contributed by atoms with Gasteiger partial charge in [0.2, 0.25) is 0 Å². The highest BCUT2D eigenvalue weighted by atomic mass is 16.3. The van der Waals surface area contributed by atoms with Crippen molar-refractivity contribution in [3.8, 4) is 0 Å². The number of aliphatic hydroxyl groups excluding tert-OH is 1. The predicted octanol–water partition coefficient (Wildman–Crippen LogP) is 1.24. The minimum absolute atomic E-state index is 0.0819. The van der Waals surface area contributed by atoms with Crippen LogP contribution >= 0.6 is 0 Å². The second-order valence-corrected chi connectivity index (χ2v) is 5.08. The van der Waals surface area contributed by atoms with Crippen LogP contribution < -0.4 is 11.1 Å². The maximum Gasteiger partial charge on any atom is 0.188 e. The third-order valence-electron chi connectivity index (χ3n) is 2.94. The molecular formula is C12H25N3O. The summed E-state index contributed by atoms with van der Waals surface area (Å²) in [4.78, 5) is 4.26. The summed E-state index contributed by atoms with van der Waals surface area (Å²) < 4.78 is 0. The van der Waals surface area contributed by atoms with Crippen LogP contribution in [0.4, 0.5) is 0 Å². The average Bonchev–Trinajstić information content (AvgIpc) is 2.42. The van der Waals surface area contributed by atoms with E-state index in [4.69, 9.17) is 5.73 Å². The van der Waals surface area contributed by atoms with Crippen molar-refractivity contribution in [3.05, 3.63) is 0 Å². The van der Waals surface area contributed by atoms with Gasteiger partial charge in [-0.1, -0.05) is 33.1 Å². The Bertz CT molecular complexity index is 228. The van der Waals surface area contributed by atoms with E-state index in [0.29, 0.717) is 11.9 Å². The first-order valence-corrected chi connectivity index (χ1v) is 6.34. The van der Waals surface area contributed by atoms with Crippen molar-refractivity contribution in [2.45, 2.75) is 58.1 Å². The van der Waals surface area contributed by atoms with Gasteiger partial charge >= 0.3 is 0 Å². The van der Waals surface area contributed by atoms with Gasteiger partial charge in [-0.2, -0.15) is 0 Å². The molecule has 0 heterocycles. The molecule has 0 aromatic heterocycles. The monoisotopic (exact) mass is 227 g/mol. The fourth-order valence-electron chi connectivity index (χ4n) is 1.97. The number of rotatable bonds is 3. The minimum Gasteiger partial charge on any atom is -0.391 e. The molecule has 0 amide bonds. The van der Waals surface area contributed by atoms with Crippen LogP contribution in [-0.4, -0.2) is 29.8 Å². The van der Waals surface area contributed by atoms with Gasteiger partial charge in [-0.25, -0.2) is 0 Å². The smallest absolute Gasteiger partial charge is 0.188 e. The molecule has 94 valence electrons. The van der Waals surface area contributed by atoms with Crippen molar-refractivity contribution in [2.24, 2.45) is 16.6 Å². The zero-order valence-electron chi connectivity index (χ0n) is 10.4. The number of aliphatic imine (C=N–C) groups is 1. The first-order valence-electron chi connectivity index (χ1n) is 6.34. The number of aliphatic hydroxyl groups is 1. The van der Waals surface area contributed by atoms with Gasteiger partial charge in [0.25, 0.3) is 0 Å². The van der Waals surface area contributed by atoms with Crippen molar-refractivity contribution >= 4 is 5.96 Å². The number of nitrogens with zero attached hydrogens (tertiary/aromatic N) is 1. The average molecular weight is 227 g/mol. The molecule has 0 aromatic rings. The van der Waals surface area contributed by atoms with Gasteiger partial charge in [-0.3, -0.25) is 4.99 Å². The van der Waals surface area contributed by atoms with E-state index in [1.165, 1.54) is 6.42 Å². The van der Waals surface area contributed by atoms with Crippen LogP contribution in [-0.2, 0) is 0 Å². The van der Waals surface area contributed by atoms with Crippen LogP contribution in [0.3, 0.4) is 0 Å². The van der Waals surface area contributed by atoms with Gasteiger partial charge in [0.05, 0.1) is 12.1 Å². The molecule has 4 nitrogen and oxygen atoms in total. The molecule has 1 rings (SSSR count). The Hall–Kier alpha value is -0.770. The lowest BCUT2D eigenvalue weighted by Gasteiger charge is -2.22. The second kappa shape index (κ2) is 6.74. The summed E-state index contributed by atoms with van der Waals surface area (Å²) in [5.41, 5.74) is 5.79. The van der Waals surface area contributed by atoms with Crippen molar-refractivity contribution < 1.29 is 5.11 Å². The quantitative estimate of drug-likeness (QED) is 0.386. The fourth-order valence-corrected chi connectivity index (χ4v) is 1.97. The molecule has 1 aliphatic carbocycles. The van der Waals surface area contributed by atoms with Gasteiger partial charge in [-0.15, -0.1) is 0 Å². The lowest BCUT2D eigenvalue weighted by atomic mass is 10.1. The first-order chi connectivity index (χ1) is 7.59. The number of hydrogen-bond acceptors (Lipinski definition) is 2. The summed E-state index contributed by atoms with van der Waals surface area (Å²) in [5, 5.41) is 13.0. The molecule has 0 aliphatic heterocycles. The Morgan fingerprint density at radius 1 is 1.38 bits per heavy atom. The Kier molecular flexibility index (Phi) is 5.60. The summed E-state index contributed by atoms with van der Waals surface area (Å²) >= 11 is 0. The molecule has 1 saturated carbocycles. The highest BCUT2D eigenvalue weighted by Gasteiger charge is 2.21. The van der Waals surface area contributed by atoms with Gasteiger partial charge < -0.3 is 16.2 Å². The molecule has 1 fully saturated rings. The number of hydrogen-bond donors (Lipinski definition) is 3. The molecule has 4 N–H and O–H groups in total. The van der Waals surface area contributed by atoms with E-state index >= 15 is 0 Å². The summed E-state index contributed by atoms with van der Waals surface area (Å²) in [6, 6.07) is 0.0819. The molecule has 4 heteroatoms.